The normalized spacial score (nSPS) is 12.4. The molecule has 0 amide bonds. The van der Waals surface area contributed by atoms with E-state index in [1.807, 2.05) is 19.9 Å². The van der Waals surface area contributed by atoms with Gasteiger partial charge in [0.1, 0.15) is 5.75 Å². The molecule has 2 rings (SSSR count). The van der Waals surface area contributed by atoms with E-state index in [0.29, 0.717) is 29.0 Å². The van der Waals surface area contributed by atoms with Crippen LogP contribution < -0.4 is 10.5 Å². The third-order valence-electron chi connectivity index (χ3n) is 2.64. The zero-order valence-electron chi connectivity index (χ0n) is 10.9. The van der Waals surface area contributed by atoms with Gasteiger partial charge in [-0.3, -0.25) is 0 Å². The molecule has 19 heavy (non-hydrogen) atoms. The van der Waals surface area contributed by atoms with Gasteiger partial charge in [-0.2, -0.15) is 0 Å². The van der Waals surface area contributed by atoms with Crippen LogP contribution in [0.3, 0.4) is 0 Å². The number of ether oxygens (including phenoxy) is 1. The molecule has 1 aromatic heterocycles. The van der Waals surface area contributed by atoms with Crippen molar-refractivity contribution < 1.29 is 9.15 Å². The largest absolute Gasteiger partial charge is 0.482 e. The van der Waals surface area contributed by atoms with Gasteiger partial charge in [0.05, 0.1) is 5.02 Å². The number of hydrogen-bond acceptors (Lipinski definition) is 5. The summed E-state index contributed by atoms with van der Waals surface area (Å²) in [5.41, 5.74) is 6.74. The molecule has 1 atom stereocenters. The Morgan fingerprint density at radius 2 is 2.11 bits per heavy atom. The van der Waals surface area contributed by atoms with Crippen LogP contribution in [0.5, 0.6) is 5.75 Å². The van der Waals surface area contributed by atoms with Gasteiger partial charge in [0.2, 0.25) is 5.89 Å². The molecule has 0 radical (unpaired) electrons. The van der Waals surface area contributed by atoms with Gasteiger partial charge in [0.15, 0.2) is 6.61 Å². The Morgan fingerprint density at radius 1 is 1.37 bits per heavy atom. The molecule has 0 aliphatic heterocycles. The van der Waals surface area contributed by atoms with Gasteiger partial charge in [0, 0.05) is 12.5 Å². The van der Waals surface area contributed by atoms with E-state index < -0.39 is 0 Å². The fourth-order valence-electron chi connectivity index (χ4n) is 1.55. The van der Waals surface area contributed by atoms with Crippen molar-refractivity contribution in [3.05, 3.63) is 40.6 Å². The third kappa shape index (κ3) is 3.45. The number of aromatic nitrogens is 2. The van der Waals surface area contributed by atoms with E-state index in [1.54, 1.807) is 12.1 Å². The predicted molar refractivity (Wildman–Crippen MR) is 72.1 cm³/mol. The quantitative estimate of drug-likeness (QED) is 0.912. The van der Waals surface area contributed by atoms with Crippen molar-refractivity contribution in [2.45, 2.75) is 32.9 Å². The number of nitrogens with two attached hydrogens (primary N) is 1. The van der Waals surface area contributed by atoms with Gasteiger partial charge in [-0.05, 0) is 24.6 Å². The summed E-state index contributed by atoms with van der Waals surface area (Å²) in [5, 5.41) is 8.25. The van der Waals surface area contributed by atoms with E-state index in [1.165, 1.54) is 0 Å². The Balaban J connectivity index is 2.03. The summed E-state index contributed by atoms with van der Waals surface area (Å²) in [4.78, 5) is 0. The molecule has 0 unspecified atom stereocenters. The first-order valence-corrected chi connectivity index (χ1v) is 6.47. The monoisotopic (exact) mass is 281 g/mol. The van der Waals surface area contributed by atoms with Crippen LogP contribution in [-0.2, 0) is 13.0 Å². The van der Waals surface area contributed by atoms with Crippen LogP contribution in [0.25, 0.3) is 0 Å². The highest BCUT2D eigenvalue weighted by atomic mass is 35.5. The predicted octanol–water partition coefficient (Wildman–Crippen LogP) is 2.88. The smallest absolute Gasteiger partial charge is 0.253 e. The van der Waals surface area contributed by atoms with Gasteiger partial charge < -0.3 is 14.9 Å². The van der Waals surface area contributed by atoms with E-state index in [-0.39, 0.29) is 12.6 Å². The molecule has 102 valence electrons. The molecular formula is C13H16ClN3O2. The molecule has 6 heteroatoms. The van der Waals surface area contributed by atoms with Crippen LogP contribution in [0.1, 0.15) is 37.2 Å². The van der Waals surface area contributed by atoms with E-state index in [0.717, 1.165) is 5.56 Å². The van der Waals surface area contributed by atoms with Crippen LogP contribution >= 0.6 is 11.6 Å². The lowest BCUT2D eigenvalue weighted by atomic mass is 10.1. The van der Waals surface area contributed by atoms with Crippen LogP contribution in [0.2, 0.25) is 5.02 Å². The molecule has 0 bridgehead atoms. The summed E-state index contributed by atoms with van der Waals surface area (Å²) in [6.45, 7) is 4.04. The van der Waals surface area contributed by atoms with Crippen molar-refractivity contribution in [2.24, 2.45) is 5.73 Å². The molecule has 0 saturated carbocycles. The van der Waals surface area contributed by atoms with Gasteiger partial charge >= 0.3 is 0 Å². The Kier molecular flexibility index (Phi) is 4.39. The summed E-state index contributed by atoms with van der Waals surface area (Å²) < 4.78 is 10.9. The lowest BCUT2D eigenvalue weighted by molar-refractivity contribution is 0.259. The molecule has 0 fully saturated rings. The van der Waals surface area contributed by atoms with Crippen molar-refractivity contribution in [1.82, 2.24) is 10.2 Å². The standard InChI is InChI=1S/C13H16ClN3O2/c1-3-12-16-17-13(19-12)7-18-11-5-4-9(8(2)15)6-10(11)14/h4-6,8H,3,7,15H2,1-2H3/t8-/m0/s1. The van der Waals surface area contributed by atoms with E-state index in [4.69, 9.17) is 26.5 Å². The first-order valence-electron chi connectivity index (χ1n) is 6.09. The molecule has 2 N–H and O–H groups in total. The molecule has 2 aromatic rings. The van der Waals surface area contributed by atoms with E-state index >= 15 is 0 Å². The van der Waals surface area contributed by atoms with Crippen molar-refractivity contribution in [3.63, 3.8) is 0 Å². The average molecular weight is 282 g/mol. The molecule has 5 nitrogen and oxygen atoms in total. The zero-order valence-corrected chi connectivity index (χ0v) is 11.6. The fourth-order valence-corrected chi connectivity index (χ4v) is 1.79. The van der Waals surface area contributed by atoms with Gasteiger partial charge in [-0.1, -0.05) is 24.6 Å². The maximum Gasteiger partial charge on any atom is 0.253 e. The Hall–Kier alpha value is -1.59. The van der Waals surface area contributed by atoms with Crippen molar-refractivity contribution in [2.75, 3.05) is 0 Å². The highest BCUT2D eigenvalue weighted by Crippen LogP contribution is 2.27. The number of nitrogens with zero attached hydrogens (tertiary/aromatic N) is 2. The third-order valence-corrected chi connectivity index (χ3v) is 2.94. The van der Waals surface area contributed by atoms with Crippen LogP contribution in [-0.4, -0.2) is 10.2 Å². The number of rotatable bonds is 5. The van der Waals surface area contributed by atoms with Gasteiger partial charge in [0.25, 0.3) is 5.89 Å². The van der Waals surface area contributed by atoms with Gasteiger partial charge in [-0.15, -0.1) is 10.2 Å². The lowest BCUT2D eigenvalue weighted by Crippen LogP contribution is -2.05. The Morgan fingerprint density at radius 3 is 2.68 bits per heavy atom. The lowest BCUT2D eigenvalue weighted by Gasteiger charge is -2.09. The summed E-state index contributed by atoms with van der Waals surface area (Å²) in [7, 11) is 0. The van der Waals surface area contributed by atoms with Gasteiger partial charge in [-0.25, -0.2) is 0 Å². The molecular weight excluding hydrogens is 266 g/mol. The molecule has 0 saturated heterocycles. The Labute approximate surface area is 116 Å². The van der Waals surface area contributed by atoms with E-state index in [9.17, 15) is 0 Å². The SMILES string of the molecule is CCc1nnc(COc2ccc([C@H](C)N)cc2Cl)o1. The minimum atomic E-state index is -0.0606. The topological polar surface area (TPSA) is 74.2 Å². The maximum atomic E-state index is 6.12. The second kappa shape index (κ2) is 6.04. The number of aryl methyl sites for hydroxylation is 1. The molecule has 0 aliphatic rings. The maximum absolute atomic E-state index is 6.12. The number of halogens is 1. The molecule has 0 aliphatic carbocycles. The summed E-state index contributed by atoms with van der Waals surface area (Å²) >= 11 is 6.12. The summed E-state index contributed by atoms with van der Waals surface area (Å²) in [6.07, 6.45) is 0.705. The minimum Gasteiger partial charge on any atom is -0.482 e. The minimum absolute atomic E-state index is 0.0606. The number of hydrogen-bond donors (Lipinski definition) is 1. The summed E-state index contributed by atoms with van der Waals surface area (Å²) in [6, 6.07) is 5.41. The second-order valence-electron chi connectivity index (χ2n) is 4.21. The van der Waals surface area contributed by atoms with Crippen molar-refractivity contribution in [3.8, 4) is 5.75 Å². The van der Waals surface area contributed by atoms with Crippen LogP contribution in [0, 0.1) is 0 Å². The van der Waals surface area contributed by atoms with Crippen molar-refractivity contribution in [1.29, 1.82) is 0 Å². The average Bonchev–Trinajstić information content (AvgIpc) is 2.85. The molecule has 1 aromatic carbocycles. The molecule has 0 spiro atoms. The number of benzene rings is 1. The first-order chi connectivity index (χ1) is 9.10. The van der Waals surface area contributed by atoms with Crippen LogP contribution in [0.15, 0.2) is 22.6 Å². The van der Waals surface area contributed by atoms with Crippen molar-refractivity contribution >= 4 is 11.6 Å². The fraction of sp³-hybridized carbons (Fsp3) is 0.385. The second-order valence-corrected chi connectivity index (χ2v) is 4.62. The summed E-state index contributed by atoms with van der Waals surface area (Å²) in [5.74, 6) is 1.60. The highest BCUT2D eigenvalue weighted by molar-refractivity contribution is 6.32. The molecule has 1 heterocycles. The van der Waals surface area contributed by atoms with E-state index in [2.05, 4.69) is 10.2 Å². The highest BCUT2D eigenvalue weighted by Gasteiger charge is 2.09. The zero-order chi connectivity index (χ0) is 13.8. The van der Waals surface area contributed by atoms with Crippen LogP contribution in [0.4, 0.5) is 0 Å². The Bertz CT molecular complexity index is 555. The first kappa shape index (κ1) is 13.8.